The molecule has 0 N–H and O–H groups in total. The van der Waals surface area contributed by atoms with Gasteiger partial charge in [-0.2, -0.15) is 4.99 Å². The maximum Gasteiger partial charge on any atom is 0.235 e. The van der Waals surface area contributed by atoms with Crippen molar-refractivity contribution in [1.82, 2.24) is 0 Å². The van der Waals surface area contributed by atoms with Crippen LogP contribution in [0.3, 0.4) is 0 Å². The molecule has 4 heteroatoms. The molecule has 0 radical (unpaired) electrons. The van der Waals surface area contributed by atoms with Crippen LogP contribution < -0.4 is 4.74 Å². The van der Waals surface area contributed by atoms with Crippen molar-refractivity contribution < 1.29 is 14.3 Å². The summed E-state index contributed by atoms with van der Waals surface area (Å²) >= 11 is 0. The molecule has 1 aromatic rings. The average molecular weight is 245 g/mol. The Morgan fingerprint density at radius 1 is 1.39 bits per heavy atom. The van der Waals surface area contributed by atoms with E-state index in [2.05, 4.69) is 4.99 Å². The molecule has 0 spiro atoms. The summed E-state index contributed by atoms with van der Waals surface area (Å²) in [4.78, 5) is 14.6. The van der Waals surface area contributed by atoms with E-state index in [9.17, 15) is 4.79 Å². The fraction of sp³-hybridized carbons (Fsp3) is 0.500. The highest BCUT2D eigenvalue weighted by molar-refractivity contribution is 5.41. The van der Waals surface area contributed by atoms with Crippen LogP contribution in [-0.2, 0) is 15.1 Å². The van der Waals surface area contributed by atoms with Crippen LogP contribution in [0.5, 0.6) is 5.75 Å². The van der Waals surface area contributed by atoms with Crippen LogP contribution in [0.4, 0.5) is 0 Å². The molecule has 2 aliphatic rings. The van der Waals surface area contributed by atoms with Crippen LogP contribution in [0.15, 0.2) is 29.3 Å². The molecule has 1 saturated carbocycles. The van der Waals surface area contributed by atoms with Gasteiger partial charge in [-0.1, -0.05) is 12.1 Å². The predicted octanol–water partition coefficient (Wildman–Crippen LogP) is 2.18. The van der Waals surface area contributed by atoms with Gasteiger partial charge in [-0.25, -0.2) is 4.79 Å². The Kier molecular flexibility index (Phi) is 2.90. The first-order chi connectivity index (χ1) is 8.82. The highest BCUT2D eigenvalue weighted by Crippen LogP contribution is 2.45. The summed E-state index contributed by atoms with van der Waals surface area (Å²) in [5, 5.41) is 0. The number of nitrogens with zero attached hydrogens (tertiary/aromatic N) is 1. The molecule has 2 fully saturated rings. The Labute approximate surface area is 106 Å². The van der Waals surface area contributed by atoms with E-state index in [1.807, 2.05) is 24.3 Å². The first kappa shape index (κ1) is 11.5. The summed E-state index contributed by atoms with van der Waals surface area (Å²) in [7, 11) is 0. The third-order valence-corrected chi connectivity index (χ3v) is 3.72. The second kappa shape index (κ2) is 4.56. The highest BCUT2D eigenvalue weighted by atomic mass is 16.6. The molecule has 18 heavy (non-hydrogen) atoms. The molecule has 1 aliphatic carbocycles. The van der Waals surface area contributed by atoms with Gasteiger partial charge in [-0.3, -0.25) is 0 Å². The van der Waals surface area contributed by atoms with Gasteiger partial charge in [0.05, 0.1) is 18.8 Å². The number of isocyanates is 1. The summed E-state index contributed by atoms with van der Waals surface area (Å²) < 4.78 is 10.8. The molecule has 0 bridgehead atoms. The minimum Gasteiger partial charge on any atom is -0.486 e. The normalized spacial score (nSPS) is 21.3. The van der Waals surface area contributed by atoms with Crippen molar-refractivity contribution in [2.75, 3.05) is 13.2 Å². The SMILES string of the molecule is O=C=NC1(c2cccc(OC3COC3)c2)CCC1. The van der Waals surface area contributed by atoms with Gasteiger partial charge in [0.25, 0.3) is 0 Å². The van der Waals surface area contributed by atoms with E-state index in [-0.39, 0.29) is 11.6 Å². The average Bonchev–Trinajstić information content (AvgIpc) is 2.29. The van der Waals surface area contributed by atoms with E-state index in [0.29, 0.717) is 13.2 Å². The zero-order valence-electron chi connectivity index (χ0n) is 10.1. The van der Waals surface area contributed by atoms with E-state index in [0.717, 1.165) is 30.6 Å². The first-order valence-electron chi connectivity index (χ1n) is 6.26. The van der Waals surface area contributed by atoms with Crippen LogP contribution in [0, 0.1) is 0 Å². The van der Waals surface area contributed by atoms with Gasteiger partial charge >= 0.3 is 0 Å². The van der Waals surface area contributed by atoms with Crippen molar-refractivity contribution in [3.05, 3.63) is 29.8 Å². The molecule has 4 nitrogen and oxygen atoms in total. The molecule has 1 aromatic carbocycles. The lowest BCUT2D eigenvalue weighted by Crippen LogP contribution is -2.38. The van der Waals surface area contributed by atoms with Crippen molar-refractivity contribution >= 4 is 6.08 Å². The fourth-order valence-electron chi connectivity index (χ4n) is 2.40. The minimum absolute atomic E-state index is 0.159. The molecule has 94 valence electrons. The van der Waals surface area contributed by atoms with E-state index in [4.69, 9.17) is 9.47 Å². The first-order valence-corrected chi connectivity index (χ1v) is 6.26. The molecular formula is C14H15NO3. The minimum atomic E-state index is -0.350. The number of rotatable bonds is 4. The third-order valence-electron chi connectivity index (χ3n) is 3.72. The Morgan fingerprint density at radius 3 is 2.78 bits per heavy atom. The van der Waals surface area contributed by atoms with Gasteiger partial charge in [0.15, 0.2) is 0 Å². The number of aliphatic imine (C=N–C) groups is 1. The summed E-state index contributed by atoms with van der Waals surface area (Å²) in [5.74, 6) is 0.827. The van der Waals surface area contributed by atoms with Crippen LogP contribution >= 0.6 is 0 Å². The largest absolute Gasteiger partial charge is 0.486 e. The topological polar surface area (TPSA) is 47.9 Å². The third kappa shape index (κ3) is 1.94. The van der Waals surface area contributed by atoms with Crippen LogP contribution in [0.25, 0.3) is 0 Å². The number of benzene rings is 1. The van der Waals surface area contributed by atoms with Gasteiger partial charge < -0.3 is 9.47 Å². The maximum atomic E-state index is 10.6. The van der Waals surface area contributed by atoms with Crippen molar-refractivity contribution in [2.24, 2.45) is 4.99 Å². The second-order valence-corrected chi connectivity index (χ2v) is 4.89. The lowest BCUT2D eigenvalue weighted by molar-refractivity contribution is -0.0797. The molecule has 1 saturated heterocycles. The van der Waals surface area contributed by atoms with Crippen molar-refractivity contribution in [3.63, 3.8) is 0 Å². The Hall–Kier alpha value is -1.64. The zero-order chi connectivity index (χ0) is 12.4. The monoisotopic (exact) mass is 245 g/mol. The Balaban J connectivity index is 1.83. The lowest BCUT2D eigenvalue weighted by Gasteiger charge is -2.37. The predicted molar refractivity (Wildman–Crippen MR) is 65.3 cm³/mol. The van der Waals surface area contributed by atoms with Gasteiger partial charge in [0.1, 0.15) is 11.9 Å². The molecule has 0 amide bonds. The molecule has 1 heterocycles. The molecule has 1 aliphatic heterocycles. The molecule has 0 aromatic heterocycles. The van der Waals surface area contributed by atoms with Gasteiger partial charge in [-0.05, 0) is 37.0 Å². The van der Waals surface area contributed by atoms with Gasteiger partial charge in [-0.15, -0.1) is 0 Å². The molecule has 0 unspecified atom stereocenters. The van der Waals surface area contributed by atoms with Crippen LogP contribution in [0.2, 0.25) is 0 Å². The number of hydrogen-bond acceptors (Lipinski definition) is 4. The molecular weight excluding hydrogens is 230 g/mol. The summed E-state index contributed by atoms with van der Waals surface area (Å²) in [6.07, 6.45) is 4.80. The molecule has 0 atom stereocenters. The van der Waals surface area contributed by atoms with Gasteiger partial charge in [0, 0.05) is 0 Å². The number of hydrogen-bond donors (Lipinski definition) is 0. The zero-order valence-corrected chi connectivity index (χ0v) is 10.1. The van der Waals surface area contributed by atoms with Gasteiger partial charge in [0.2, 0.25) is 6.08 Å². The highest BCUT2D eigenvalue weighted by Gasteiger charge is 2.39. The molecule has 3 rings (SSSR count). The van der Waals surface area contributed by atoms with Crippen LogP contribution in [0.1, 0.15) is 24.8 Å². The van der Waals surface area contributed by atoms with Crippen molar-refractivity contribution in [3.8, 4) is 5.75 Å². The van der Waals surface area contributed by atoms with Crippen LogP contribution in [-0.4, -0.2) is 25.4 Å². The second-order valence-electron chi connectivity index (χ2n) is 4.89. The Morgan fingerprint density at radius 2 is 2.22 bits per heavy atom. The number of ether oxygens (including phenoxy) is 2. The standard InChI is InChI=1S/C14H15NO3/c16-10-15-14(5-2-6-14)11-3-1-4-12(7-11)18-13-8-17-9-13/h1,3-4,7,13H,2,5-6,8-9H2. The van der Waals surface area contributed by atoms with E-state index >= 15 is 0 Å². The fourth-order valence-corrected chi connectivity index (χ4v) is 2.40. The van der Waals surface area contributed by atoms with E-state index < -0.39 is 0 Å². The van der Waals surface area contributed by atoms with Crippen molar-refractivity contribution in [2.45, 2.75) is 30.9 Å². The summed E-state index contributed by atoms with van der Waals surface area (Å²) in [5.41, 5.74) is 0.701. The maximum absolute atomic E-state index is 10.6. The number of carbonyl (C=O) groups excluding carboxylic acids is 1. The summed E-state index contributed by atoms with van der Waals surface area (Å²) in [6.45, 7) is 1.31. The quantitative estimate of drug-likeness (QED) is 0.603. The van der Waals surface area contributed by atoms with Crippen molar-refractivity contribution in [1.29, 1.82) is 0 Å². The Bertz CT molecular complexity index is 486. The smallest absolute Gasteiger partial charge is 0.235 e. The lowest BCUT2D eigenvalue weighted by atomic mass is 9.72. The summed E-state index contributed by atoms with van der Waals surface area (Å²) in [6, 6.07) is 7.87. The van der Waals surface area contributed by atoms with E-state index in [1.165, 1.54) is 0 Å². The van der Waals surface area contributed by atoms with E-state index in [1.54, 1.807) is 6.08 Å².